The first-order chi connectivity index (χ1) is 19.3. The summed E-state index contributed by atoms with van der Waals surface area (Å²) < 4.78 is 11.7. The molecule has 0 aliphatic rings. The molecule has 0 radical (unpaired) electrons. The number of carboxylic acids is 1. The van der Waals surface area contributed by atoms with E-state index in [4.69, 9.17) is 16.7 Å². The number of aromatic carboxylic acids is 1. The van der Waals surface area contributed by atoms with Gasteiger partial charge in [-0.1, -0.05) is 11.6 Å². The van der Waals surface area contributed by atoms with Crippen LogP contribution in [0.3, 0.4) is 0 Å². The van der Waals surface area contributed by atoms with Crippen LogP contribution in [0.5, 0.6) is 0 Å². The largest absolute Gasteiger partial charge is 0.476 e. The number of carbonyl (C=O) groups excluding carboxylic acids is 2. The average Bonchev–Trinajstić information content (AvgIpc) is 3.73. The van der Waals surface area contributed by atoms with Crippen molar-refractivity contribution in [2.45, 2.75) is 0 Å². The van der Waals surface area contributed by atoms with Crippen LogP contribution in [0.25, 0.3) is 11.6 Å². The molecule has 0 spiro atoms. The van der Waals surface area contributed by atoms with Gasteiger partial charge in [-0.15, -0.1) is 0 Å². The molecule has 5 aromatic rings. The van der Waals surface area contributed by atoms with Crippen molar-refractivity contribution in [3.8, 4) is 11.6 Å². The lowest BCUT2D eigenvalue weighted by atomic mass is 10.4. The van der Waals surface area contributed by atoms with Crippen molar-refractivity contribution in [3.05, 3.63) is 84.7 Å². The van der Waals surface area contributed by atoms with Crippen molar-refractivity contribution >= 4 is 29.5 Å². The van der Waals surface area contributed by atoms with Crippen molar-refractivity contribution in [2.24, 2.45) is 0 Å². The SMILES string of the molecule is COC(=O)c1cnc(-n2cncn2)cn1.COC(=O)c1cnc(Cl)cn1.O=C(O)c1cnc(-n2cncn2)cn1. The third-order valence-corrected chi connectivity index (χ3v) is 4.41. The van der Waals surface area contributed by atoms with Gasteiger partial charge in [-0.25, -0.2) is 63.6 Å². The van der Waals surface area contributed by atoms with E-state index in [0.717, 1.165) is 0 Å². The highest BCUT2D eigenvalue weighted by molar-refractivity contribution is 6.29. The van der Waals surface area contributed by atoms with Crippen LogP contribution in [-0.2, 0) is 9.47 Å². The first-order valence-corrected chi connectivity index (χ1v) is 10.9. The summed E-state index contributed by atoms with van der Waals surface area (Å²) in [5.41, 5.74) is 0.201. The number of nitrogens with zero attached hydrogens (tertiary/aromatic N) is 12. The number of aromatic nitrogens is 12. The van der Waals surface area contributed by atoms with Crippen LogP contribution in [-0.4, -0.2) is 96.7 Å². The second-order valence-electron chi connectivity index (χ2n) is 6.71. The fourth-order valence-electron chi connectivity index (χ4n) is 2.37. The Morgan fingerprint density at radius 2 is 1.12 bits per heavy atom. The minimum atomic E-state index is -1.11. The second kappa shape index (κ2) is 14.2. The number of halogens is 1. The van der Waals surface area contributed by atoms with E-state index in [9.17, 15) is 14.4 Å². The molecule has 5 aromatic heterocycles. The van der Waals surface area contributed by atoms with Crippen LogP contribution in [0.15, 0.2) is 62.5 Å². The molecule has 0 aromatic carbocycles. The molecule has 5 heterocycles. The zero-order valence-electron chi connectivity index (χ0n) is 20.5. The summed E-state index contributed by atoms with van der Waals surface area (Å²) in [5, 5.41) is 16.5. The normalized spacial score (nSPS) is 9.78. The number of carboxylic acid groups (broad SMARTS) is 1. The lowest BCUT2D eigenvalue weighted by Gasteiger charge is -1.99. The van der Waals surface area contributed by atoms with Crippen LogP contribution in [0.4, 0.5) is 0 Å². The first-order valence-electron chi connectivity index (χ1n) is 10.5. The van der Waals surface area contributed by atoms with E-state index in [-0.39, 0.29) is 22.2 Å². The monoisotopic (exact) mass is 568 g/mol. The summed E-state index contributed by atoms with van der Waals surface area (Å²) in [4.78, 5) is 62.5. The summed E-state index contributed by atoms with van der Waals surface area (Å²) in [7, 11) is 2.56. The van der Waals surface area contributed by atoms with Gasteiger partial charge in [0.2, 0.25) is 0 Å². The Balaban J connectivity index is 0.000000168. The zero-order valence-corrected chi connectivity index (χ0v) is 21.3. The van der Waals surface area contributed by atoms with E-state index >= 15 is 0 Å². The van der Waals surface area contributed by atoms with Gasteiger partial charge in [-0.2, -0.15) is 10.2 Å². The van der Waals surface area contributed by atoms with Crippen molar-refractivity contribution in [1.82, 2.24) is 59.4 Å². The maximum absolute atomic E-state index is 11.1. The maximum Gasteiger partial charge on any atom is 0.358 e. The molecule has 0 saturated carbocycles. The summed E-state index contributed by atoms with van der Waals surface area (Å²) in [6.45, 7) is 0. The van der Waals surface area contributed by atoms with E-state index < -0.39 is 17.9 Å². The third-order valence-electron chi connectivity index (χ3n) is 4.21. The molecule has 40 heavy (non-hydrogen) atoms. The molecular weight excluding hydrogens is 552 g/mol. The van der Waals surface area contributed by atoms with E-state index in [1.54, 1.807) is 0 Å². The standard InChI is InChI=1S/C8H7N5O2.C7H5N5O2.C6H5ClN2O2/c1-15-8(14)6-2-11-7(3-10-6)13-5-9-4-12-13;13-7(14)5-1-10-6(2-9-5)12-4-8-3-11-12;1-11-6(10)4-2-9-5(7)3-8-4/h2-5H,1H3;1-4H,(H,13,14);2-3H,1H3. The van der Waals surface area contributed by atoms with Crippen molar-refractivity contribution in [1.29, 1.82) is 0 Å². The fraction of sp³-hybridized carbons (Fsp3) is 0.0952. The molecule has 5 rings (SSSR count). The number of rotatable bonds is 5. The molecule has 0 bridgehead atoms. The molecule has 0 amide bonds. The summed E-state index contributed by atoms with van der Waals surface area (Å²) in [6.07, 6.45) is 13.4. The highest BCUT2D eigenvalue weighted by Crippen LogP contribution is 2.02. The topological polar surface area (TPSA) is 229 Å². The number of hydrogen-bond acceptors (Lipinski definition) is 15. The van der Waals surface area contributed by atoms with Crippen LogP contribution < -0.4 is 0 Å². The Bertz CT molecular complexity index is 1510. The highest BCUT2D eigenvalue weighted by Gasteiger charge is 2.08. The summed E-state index contributed by atoms with van der Waals surface area (Å²) in [5.74, 6) is -1.24. The smallest absolute Gasteiger partial charge is 0.358 e. The molecule has 1 N–H and O–H groups in total. The van der Waals surface area contributed by atoms with Crippen molar-refractivity contribution in [3.63, 3.8) is 0 Å². The van der Waals surface area contributed by atoms with E-state index in [1.807, 2.05) is 0 Å². The second-order valence-corrected chi connectivity index (χ2v) is 7.10. The molecule has 19 heteroatoms. The summed E-state index contributed by atoms with van der Waals surface area (Å²) in [6, 6.07) is 0. The molecule has 0 saturated heterocycles. The predicted molar refractivity (Wildman–Crippen MR) is 131 cm³/mol. The van der Waals surface area contributed by atoms with Gasteiger partial charge in [0.15, 0.2) is 28.7 Å². The molecule has 0 unspecified atom stereocenters. The van der Waals surface area contributed by atoms with Crippen LogP contribution >= 0.6 is 11.6 Å². The average molecular weight is 569 g/mol. The Kier molecular flexibility index (Phi) is 10.2. The first kappa shape index (κ1) is 28.8. The van der Waals surface area contributed by atoms with E-state index in [1.165, 1.54) is 86.1 Å². The van der Waals surface area contributed by atoms with Gasteiger partial charge in [0.1, 0.15) is 30.5 Å². The molecular formula is C21H17ClN12O6. The minimum absolute atomic E-state index is 0.103. The molecule has 18 nitrogen and oxygen atoms in total. The Hall–Kier alpha value is -5.78. The predicted octanol–water partition coefficient (Wildman–Crippen LogP) is 0.516. The van der Waals surface area contributed by atoms with E-state index in [2.05, 4.69) is 59.5 Å². The van der Waals surface area contributed by atoms with Gasteiger partial charge in [0.25, 0.3) is 0 Å². The molecule has 204 valence electrons. The van der Waals surface area contributed by atoms with E-state index in [0.29, 0.717) is 11.6 Å². The number of hydrogen-bond donors (Lipinski definition) is 1. The van der Waals surface area contributed by atoms with Gasteiger partial charge in [-0.3, -0.25) is 0 Å². The Morgan fingerprint density at radius 1 is 0.675 bits per heavy atom. The number of esters is 2. The molecule has 0 atom stereocenters. The zero-order chi connectivity index (χ0) is 28.9. The highest BCUT2D eigenvalue weighted by atomic mass is 35.5. The van der Waals surface area contributed by atoms with Gasteiger partial charge >= 0.3 is 17.9 Å². The Labute approximate surface area is 228 Å². The van der Waals surface area contributed by atoms with Crippen molar-refractivity contribution < 1.29 is 29.0 Å². The van der Waals surface area contributed by atoms with Gasteiger partial charge in [0.05, 0.1) is 51.4 Å². The third kappa shape index (κ3) is 8.11. The Morgan fingerprint density at radius 3 is 1.45 bits per heavy atom. The summed E-state index contributed by atoms with van der Waals surface area (Å²) >= 11 is 5.43. The number of ether oxygens (including phenoxy) is 2. The minimum Gasteiger partial charge on any atom is -0.476 e. The lowest BCUT2D eigenvalue weighted by molar-refractivity contribution is 0.0584. The number of methoxy groups -OCH3 is 2. The van der Waals surface area contributed by atoms with Crippen LogP contribution in [0.2, 0.25) is 5.15 Å². The van der Waals surface area contributed by atoms with Crippen molar-refractivity contribution in [2.75, 3.05) is 14.2 Å². The van der Waals surface area contributed by atoms with Gasteiger partial charge in [-0.05, 0) is 0 Å². The quantitative estimate of drug-likeness (QED) is 0.284. The van der Waals surface area contributed by atoms with Gasteiger partial charge < -0.3 is 14.6 Å². The lowest BCUT2D eigenvalue weighted by Crippen LogP contribution is -2.07. The van der Waals surface area contributed by atoms with Crippen LogP contribution in [0, 0.1) is 0 Å². The molecule has 0 aliphatic carbocycles. The maximum atomic E-state index is 11.1. The number of carbonyl (C=O) groups is 3. The molecule has 0 fully saturated rings. The fourth-order valence-corrected chi connectivity index (χ4v) is 2.47. The molecule has 0 aliphatic heterocycles. The van der Waals surface area contributed by atoms with Gasteiger partial charge in [0, 0.05) is 0 Å². The van der Waals surface area contributed by atoms with Crippen LogP contribution in [0.1, 0.15) is 31.5 Å².